The van der Waals surface area contributed by atoms with Crippen LogP contribution in [-0.4, -0.2) is 35.4 Å². The van der Waals surface area contributed by atoms with Gasteiger partial charge in [0.25, 0.3) is 0 Å². The number of halogens is 6. The second-order valence-corrected chi connectivity index (χ2v) is 7.36. The van der Waals surface area contributed by atoms with Crippen LogP contribution in [0.5, 0.6) is 0 Å². The Morgan fingerprint density at radius 3 is 1.63 bits per heavy atom. The molecule has 0 spiro atoms. The summed E-state index contributed by atoms with van der Waals surface area (Å²) in [6.45, 7) is -0.516. The van der Waals surface area contributed by atoms with Crippen LogP contribution in [0.2, 0.25) is 0 Å². The van der Waals surface area contributed by atoms with Crippen molar-refractivity contribution < 1.29 is 40.9 Å². The number of alkyl halides is 6. The number of hydrogen-bond donors (Lipinski definition) is 1. The quantitative estimate of drug-likeness (QED) is 0.724. The third kappa shape index (κ3) is 3.58. The van der Waals surface area contributed by atoms with E-state index in [9.17, 15) is 31.4 Å². The van der Waals surface area contributed by atoms with E-state index >= 15 is 0 Å². The number of hydrogen-bond acceptors (Lipinski definition) is 4. The van der Waals surface area contributed by atoms with E-state index in [1.165, 1.54) is 29.2 Å². The summed E-state index contributed by atoms with van der Waals surface area (Å²) in [5.74, 6) is 0. The van der Waals surface area contributed by atoms with Gasteiger partial charge >= 0.3 is 12.4 Å². The topological polar surface area (TPSA) is 41.9 Å². The average Bonchev–Trinajstić information content (AvgIpc) is 3.24. The number of ether oxygens (including phenoxy) is 2. The normalized spacial score (nSPS) is 27.4. The highest BCUT2D eigenvalue weighted by Gasteiger charge is 2.56. The van der Waals surface area contributed by atoms with Crippen LogP contribution in [0.25, 0.3) is 0 Å². The largest absolute Gasteiger partial charge is 0.416 e. The number of benzene rings is 2. The highest BCUT2D eigenvalue weighted by molar-refractivity contribution is 5.32. The van der Waals surface area contributed by atoms with Crippen molar-refractivity contribution in [3.63, 3.8) is 0 Å². The van der Waals surface area contributed by atoms with Crippen molar-refractivity contribution in [2.24, 2.45) is 0 Å². The number of nitrogens with zero attached hydrogens (tertiary/aromatic N) is 1. The van der Waals surface area contributed by atoms with Crippen LogP contribution in [0, 0.1) is 0 Å². The molecule has 2 heterocycles. The number of rotatable bonds is 3. The number of aliphatic hydroxyl groups is 1. The third-order valence-electron chi connectivity index (χ3n) is 5.37. The molecule has 0 saturated carbocycles. The summed E-state index contributed by atoms with van der Waals surface area (Å²) in [5.41, 5.74) is -2.48. The smallest absolute Gasteiger partial charge is 0.394 e. The molecule has 2 aliphatic rings. The molecule has 0 radical (unpaired) electrons. The summed E-state index contributed by atoms with van der Waals surface area (Å²) in [6, 6.07) is 9.04. The molecule has 2 aliphatic heterocycles. The first-order valence-electron chi connectivity index (χ1n) is 9.02. The molecule has 4 nitrogen and oxygen atoms in total. The summed E-state index contributed by atoms with van der Waals surface area (Å²) >= 11 is 0. The third-order valence-corrected chi connectivity index (χ3v) is 5.37. The van der Waals surface area contributed by atoms with Gasteiger partial charge in [0.2, 0.25) is 0 Å². The molecule has 0 aromatic heterocycles. The van der Waals surface area contributed by atoms with E-state index < -0.39 is 48.1 Å². The molecule has 162 valence electrons. The van der Waals surface area contributed by atoms with Crippen LogP contribution in [0.1, 0.15) is 34.7 Å². The molecule has 3 atom stereocenters. The monoisotopic (exact) mass is 433 g/mol. The van der Waals surface area contributed by atoms with E-state index in [4.69, 9.17) is 9.47 Å². The van der Waals surface area contributed by atoms with Gasteiger partial charge in [0.15, 0.2) is 0 Å². The molecule has 2 aromatic rings. The van der Waals surface area contributed by atoms with E-state index in [1.54, 1.807) is 0 Å². The first-order chi connectivity index (χ1) is 14.0. The van der Waals surface area contributed by atoms with Gasteiger partial charge in [-0.25, -0.2) is 4.90 Å². The molecular formula is C20H17F6NO3. The summed E-state index contributed by atoms with van der Waals surface area (Å²) in [5, 5.41) is 9.96. The highest BCUT2D eigenvalue weighted by Crippen LogP contribution is 2.49. The number of aliphatic hydroxyl groups excluding tert-OH is 1. The van der Waals surface area contributed by atoms with Crippen molar-refractivity contribution in [3.05, 3.63) is 70.8 Å². The van der Waals surface area contributed by atoms with Crippen LogP contribution >= 0.6 is 0 Å². The van der Waals surface area contributed by atoms with Gasteiger partial charge in [-0.15, -0.1) is 0 Å². The van der Waals surface area contributed by atoms with E-state index in [1.807, 2.05) is 0 Å². The first-order valence-corrected chi connectivity index (χ1v) is 9.02. The molecule has 1 unspecified atom stereocenters. The lowest BCUT2D eigenvalue weighted by Crippen LogP contribution is -2.47. The van der Waals surface area contributed by atoms with E-state index in [0.29, 0.717) is 0 Å². The molecule has 0 bridgehead atoms. The molecule has 2 aromatic carbocycles. The maximum Gasteiger partial charge on any atom is 0.416 e. The minimum absolute atomic E-state index is 0.0418. The maximum absolute atomic E-state index is 13.1. The SMILES string of the molecule is OC[C@]12COC(c3cccc(C(F)(F)F)c3)N1[C@H](c1cccc(C(F)(F)F)c1)OC2. The Morgan fingerprint density at radius 1 is 0.833 bits per heavy atom. The lowest BCUT2D eigenvalue weighted by Gasteiger charge is -2.33. The fraction of sp³-hybridized carbons (Fsp3) is 0.400. The van der Waals surface area contributed by atoms with Gasteiger partial charge in [-0.1, -0.05) is 24.3 Å². The van der Waals surface area contributed by atoms with Gasteiger partial charge in [-0.3, -0.25) is 0 Å². The van der Waals surface area contributed by atoms with Crippen molar-refractivity contribution in [2.75, 3.05) is 19.8 Å². The molecule has 30 heavy (non-hydrogen) atoms. The zero-order chi connectivity index (χ0) is 21.7. The molecule has 0 amide bonds. The maximum atomic E-state index is 13.1. The van der Waals surface area contributed by atoms with Crippen molar-refractivity contribution in [1.82, 2.24) is 4.90 Å². The van der Waals surface area contributed by atoms with Crippen LogP contribution in [-0.2, 0) is 21.8 Å². The summed E-state index contributed by atoms with van der Waals surface area (Å²) in [7, 11) is 0. The molecule has 10 heteroatoms. The van der Waals surface area contributed by atoms with E-state index in [2.05, 4.69) is 0 Å². The van der Waals surface area contributed by atoms with Crippen LogP contribution < -0.4 is 0 Å². The Bertz CT molecular complexity index is 860. The van der Waals surface area contributed by atoms with Crippen molar-refractivity contribution >= 4 is 0 Å². The lowest BCUT2D eigenvalue weighted by molar-refractivity contribution is -0.138. The van der Waals surface area contributed by atoms with Gasteiger partial charge in [0.05, 0.1) is 36.5 Å². The van der Waals surface area contributed by atoms with Gasteiger partial charge in [-0.2, -0.15) is 26.3 Å². The second-order valence-electron chi connectivity index (χ2n) is 7.36. The molecule has 0 aliphatic carbocycles. The Balaban J connectivity index is 1.74. The Hall–Kier alpha value is -2.14. The molecule has 2 fully saturated rings. The van der Waals surface area contributed by atoms with E-state index in [0.717, 1.165) is 24.3 Å². The zero-order valence-electron chi connectivity index (χ0n) is 15.4. The zero-order valence-corrected chi connectivity index (χ0v) is 15.4. The summed E-state index contributed by atoms with van der Waals surface area (Å²) in [4.78, 5) is 1.51. The predicted octanol–water partition coefficient (Wildman–Crippen LogP) is 4.52. The average molecular weight is 433 g/mol. The van der Waals surface area contributed by atoms with Crippen molar-refractivity contribution in [2.45, 2.75) is 30.3 Å². The van der Waals surface area contributed by atoms with Crippen LogP contribution in [0.3, 0.4) is 0 Å². The summed E-state index contributed by atoms with van der Waals surface area (Å²) in [6.07, 6.45) is -11.2. The molecule has 4 rings (SSSR count). The first kappa shape index (κ1) is 21.1. The molecule has 1 N–H and O–H groups in total. The van der Waals surface area contributed by atoms with Gasteiger partial charge in [0, 0.05) is 0 Å². The standard InChI is InChI=1S/C20H17F6NO3/c21-19(22,23)14-5-1-3-12(7-14)16-27-17(30-11-18(27,9-28)10-29-16)13-4-2-6-15(8-13)20(24,25)26/h1-8,16-17,28H,9-11H2/t16-,17?,18-/m0/s1. The van der Waals surface area contributed by atoms with Crippen LogP contribution in [0.4, 0.5) is 26.3 Å². The predicted molar refractivity (Wildman–Crippen MR) is 91.9 cm³/mol. The number of fused-ring (bicyclic) bond motifs is 1. The van der Waals surface area contributed by atoms with Crippen molar-refractivity contribution in [1.29, 1.82) is 0 Å². The Labute approximate surface area is 167 Å². The highest BCUT2D eigenvalue weighted by atomic mass is 19.4. The Kier molecular flexibility index (Phi) is 5.08. The molecular weight excluding hydrogens is 416 g/mol. The fourth-order valence-electron chi connectivity index (χ4n) is 3.86. The minimum atomic E-state index is -4.56. The van der Waals surface area contributed by atoms with Crippen LogP contribution in [0.15, 0.2) is 48.5 Å². The fourth-order valence-corrected chi connectivity index (χ4v) is 3.86. The van der Waals surface area contributed by atoms with Gasteiger partial charge in [-0.05, 0) is 35.4 Å². The summed E-state index contributed by atoms with van der Waals surface area (Å²) < 4.78 is 90.2. The Morgan fingerprint density at radius 2 is 1.27 bits per heavy atom. The van der Waals surface area contributed by atoms with Gasteiger partial charge < -0.3 is 14.6 Å². The van der Waals surface area contributed by atoms with Crippen molar-refractivity contribution in [3.8, 4) is 0 Å². The van der Waals surface area contributed by atoms with E-state index in [-0.39, 0.29) is 24.3 Å². The molecule has 2 saturated heterocycles. The van der Waals surface area contributed by atoms with Gasteiger partial charge in [0.1, 0.15) is 12.5 Å². The lowest BCUT2D eigenvalue weighted by atomic mass is 10.00. The minimum Gasteiger partial charge on any atom is -0.394 e. The second kappa shape index (κ2) is 7.23.